The third kappa shape index (κ3) is 1.59. The summed E-state index contributed by atoms with van der Waals surface area (Å²) in [5.74, 6) is 0. The van der Waals surface area contributed by atoms with Crippen molar-refractivity contribution >= 4 is 10.9 Å². The Labute approximate surface area is 95.5 Å². The fraction of sp³-hybridized carbons (Fsp3) is 0.357. The standard InChI is InChI=1S/C14H16N2/c1-9-2-4-13-10(6-9)7-11-8-12(15)3-5-14(11)16-13/h2,4,6-7,12H,3,5,8,15H2,1H3. The Balaban J connectivity index is 2.20. The van der Waals surface area contributed by atoms with E-state index in [-0.39, 0.29) is 0 Å². The zero-order chi connectivity index (χ0) is 11.1. The third-order valence-corrected chi connectivity index (χ3v) is 3.37. The number of hydrogen-bond donors (Lipinski definition) is 1. The minimum absolute atomic E-state index is 0.316. The molecule has 2 nitrogen and oxygen atoms in total. The van der Waals surface area contributed by atoms with E-state index in [2.05, 4.69) is 31.2 Å². The molecule has 1 aromatic heterocycles. The van der Waals surface area contributed by atoms with Crippen LogP contribution in [0.1, 0.15) is 23.2 Å². The van der Waals surface area contributed by atoms with Crippen molar-refractivity contribution in [1.29, 1.82) is 0 Å². The Morgan fingerprint density at radius 3 is 3.06 bits per heavy atom. The number of nitrogens with two attached hydrogens (primary N) is 1. The van der Waals surface area contributed by atoms with Crippen molar-refractivity contribution in [3.63, 3.8) is 0 Å². The normalized spacial score (nSPS) is 19.8. The summed E-state index contributed by atoms with van der Waals surface area (Å²) < 4.78 is 0. The molecule has 0 saturated heterocycles. The monoisotopic (exact) mass is 212 g/mol. The lowest BCUT2D eigenvalue weighted by molar-refractivity contribution is 0.568. The van der Waals surface area contributed by atoms with Crippen molar-refractivity contribution in [3.8, 4) is 0 Å². The van der Waals surface area contributed by atoms with Gasteiger partial charge in [-0.15, -0.1) is 0 Å². The fourth-order valence-electron chi connectivity index (χ4n) is 2.48. The van der Waals surface area contributed by atoms with Crippen LogP contribution in [0.5, 0.6) is 0 Å². The van der Waals surface area contributed by atoms with Crippen molar-refractivity contribution in [2.24, 2.45) is 5.73 Å². The number of aromatic nitrogens is 1. The molecule has 82 valence electrons. The van der Waals surface area contributed by atoms with Crippen LogP contribution in [0.4, 0.5) is 0 Å². The van der Waals surface area contributed by atoms with Gasteiger partial charge in [-0.1, -0.05) is 11.6 Å². The summed E-state index contributed by atoms with van der Waals surface area (Å²) in [5, 5.41) is 1.24. The van der Waals surface area contributed by atoms with Crippen LogP contribution in [0.3, 0.4) is 0 Å². The van der Waals surface area contributed by atoms with Crippen molar-refractivity contribution < 1.29 is 0 Å². The molecule has 0 aliphatic heterocycles. The van der Waals surface area contributed by atoms with Gasteiger partial charge in [0.25, 0.3) is 0 Å². The van der Waals surface area contributed by atoms with Crippen molar-refractivity contribution in [3.05, 3.63) is 41.1 Å². The molecule has 1 atom stereocenters. The van der Waals surface area contributed by atoms with Gasteiger partial charge in [-0.2, -0.15) is 0 Å². The molecule has 0 amide bonds. The number of nitrogens with zero attached hydrogens (tertiary/aromatic N) is 1. The van der Waals surface area contributed by atoms with Crippen LogP contribution < -0.4 is 5.73 Å². The highest BCUT2D eigenvalue weighted by molar-refractivity contribution is 5.80. The Hall–Kier alpha value is -1.41. The summed E-state index contributed by atoms with van der Waals surface area (Å²) in [6.45, 7) is 2.12. The first-order valence-corrected chi connectivity index (χ1v) is 5.87. The summed E-state index contributed by atoms with van der Waals surface area (Å²) in [6, 6.07) is 9.01. The van der Waals surface area contributed by atoms with E-state index in [1.165, 1.54) is 22.2 Å². The number of hydrogen-bond acceptors (Lipinski definition) is 2. The molecule has 2 heteroatoms. The van der Waals surface area contributed by atoms with E-state index in [1.54, 1.807) is 0 Å². The van der Waals surface area contributed by atoms with E-state index >= 15 is 0 Å². The molecule has 0 spiro atoms. The van der Waals surface area contributed by atoms with E-state index in [9.17, 15) is 0 Å². The molecule has 2 N–H and O–H groups in total. The average Bonchev–Trinajstić information content (AvgIpc) is 2.26. The maximum Gasteiger partial charge on any atom is 0.0705 e. The summed E-state index contributed by atoms with van der Waals surface area (Å²) in [6.07, 6.45) is 3.07. The maximum atomic E-state index is 6.00. The Kier molecular flexibility index (Phi) is 2.18. The number of pyridine rings is 1. The minimum Gasteiger partial charge on any atom is -0.327 e. The number of aryl methyl sites for hydroxylation is 2. The van der Waals surface area contributed by atoms with E-state index < -0.39 is 0 Å². The molecule has 0 bridgehead atoms. The maximum absolute atomic E-state index is 6.00. The summed E-state index contributed by atoms with van der Waals surface area (Å²) in [7, 11) is 0. The second-order valence-corrected chi connectivity index (χ2v) is 4.79. The predicted octanol–water partition coefficient (Wildman–Crippen LogP) is 2.36. The van der Waals surface area contributed by atoms with Gasteiger partial charge in [0.15, 0.2) is 0 Å². The van der Waals surface area contributed by atoms with Crippen LogP contribution in [-0.4, -0.2) is 11.0 Å². The van der Waals surface area contributed by atoms with E-state index in [0.29, 0.717) is 6.04 Å². The van der Waals surface area contributed by atoms with Gasteiger partial charge in [-0.05, 0) is 49.9 Å². The lowest BCUT2D eigenvalue weighted by Gasteiger charge is -2.21. The highest BCUT2D eigenvalue weighted by Gasteiger charge is 2.17. The fourth-order valence-corrected chi connectivity index (χ4v) is 2.48. The molecular weight excluding hydrogens is 196 g/mol. The lowest BCUT2D eigenvalue weighted by atomic mass is 9.91. The van der Waals surface area contributed by atoms with Crippen molar-refractivity contribution in [1.82, 2.24) is 4.98 Å². The van der Waals surface area contributed by atoms with Crippen molar-refractivity contribution in [2.45, 2.75) is 32.2 Å². The van der Waals surface area contributed by atoms with Crippen LogP contribution in [-0.2, 0) is 12.8 Å². The van der Waals surface area contributed by atoms with Crippen LogP contribution in [0.15, 0.2) is 24.3 Å². The molecule has 0 radical (unpaired) electrons. The number of benzene rings is 1. The Morgan fingerprint density at radius 1 is 1.31 bits per heavy atom. The van der Waals surface area contributed by atoms with Crippen LogP contribution in [0, 0.1) is 6.92 Å². The lowest BCUT2D eigenvalue weighted by Crippen LogP contribution is -2.28. The molecule has 1 heterocycles. The summed E-state index contributed by atoms with van der Waals surface area (Å²) in [5.41, 5.74) is 11.0. The zero-order valence-corrected chi connectivity index (χ0v) is 9.53. The summed E-state index contributed by atoms with van der Waals surface area (Å²) >= 11 is 0. The van der Waals surface area contributed by atoms with Gasteiger partial charge in [0.05, 0.1) is 5.52 Å². The quantitative estimate of drug-likeness (QED) is 0.728. The van der Waals surface area contributed by atoms with Gasteiger partial charge in [-0.3, -0.25) is 4.98 Å². The molecule has 16 heavy (non-hydrogen) atoms. The van der Waals surface area contributed by atoms with Gasteiger partial charge in [0, 0.05) is 17.1 Å². The summed E-state index contributed by atoms with van der Waals surface area (Å²) in [4.78, 5) is 4.74. The smallest absolute Gasteiger partial charge is 0.0705 e. The number of fused-ring (bicyclic) bond motifs is 2. The second kappa shape index (κ2) is 3.56. The molecule has 1 aromatic carbocycles. The molecular formula is C14H16N2. The molecule has 0 fully saturated rings. The molecule has 1 unspecified atom stereocenters. The molecule has 1 aliphatic rings. The average molecular weight is 212 g/mol. The number of rotatable bonds is 0. The molecule has 1 aliphatic carbocycles. The first-order chi connectivity index (χ1) is 7.72. The van der Waals surface area contributed by atoms with Gasteiger partial charge in [0.1, 0.15) is 0 Å². The zero-order valence-electron chi connectivity index (χ0n) is 9.53. The topological polar surface area (TPSA) is 38.9 Å². The Morgan fingerprint density at radius 2 is 2.19 bits per heavy atom. The molecule has 3 rings (SSSR count). The minimum atomic E-state index is 0.316. The van der Waals surface area contributed by atoms with Gasteiger partial charge in [-0.25, -0.2) is 0 Å². The van der Waals surface area contributed by atoms with Gasteiger partial charge < -0.3 is 5.73 Å². The highest BCUT2D eigenvalue weighted by Crippen LogP contribution is 2.24. The predicted molar refractivity (Wildman–Crippen MR) is 66.5 cm³/mol. The van der Waals surface area contributed by atoms with E-state index in [1.807, 2.05) is 0 Å². The second-order valence-electron chi connectivity index (χ2n) is 4.79. The SMILES string of the molecule is Cc1ccc2nc3c(cc2c1)CC(N)CC3. The molecule has 0 saturated carbocycles. The highest BCUT2D eigenvalue weighted by atomic mass is 14.7. The van der Waals surface area contributed by atoms with E-state index in [4.69, 9.17) is 10.7 Å². The van der Waals surface area contributed by atoms with Crippen LogP contribution in [0.2, 0.25) is 0 Å². The van der Waals surface area contributed by atoms with Crippen molar-refractivity contribution in [2.75, 3.05) is 0 Å². The first-order valence-electron chi connectivity index (χ1n) is 5.87. The van der Waals surface area contributed by atoms with Gasteiger partial charge >= 0.3 is 0 Å². The first kappa shape index (κ1) is 9.79. The van der Waals surface area contributed by atoms with E-state index in [0.717, 1.165) is 24.8 Å². The Bertz CT molecular complexity index is 546. The largest absolute Gasteiger partial charge is 0.327 e. The van der Waals surface area contributed by atoms with Crippen LogP contribution in [0.25, 0.3) is 10.9 Å². The van der Waals surface area contributed by atoms with Gasteiger partial charge in [0.2, 0.25) is 0 Å². The third-order valence-electron chi connectivity index (χ3n) is 3.37. The van der Waals surface area contributed by atoms with Crippen LogP contribution >= 0.6 is 0 Å². The molecule has 2 aromatic rings.